The van der Waals surface area contributed by atoms with Crippen molar-refractivity contribution in [2.45, 2.75) is 12.4 Å². The molecule has 100 valence electrons. The van der Waals surface area contributed by atoms with E-state index in [1.165, 1.54) is 0 Å². The largest absolute Gasteiger partial charge is 0.455 e. The fourth-order valence-corrected chi connectivity index (χ4v) is 1.39. The summed E-state index contributed by atoms with van der Waals surface area (Å²) in [6.45, 7) is 0. The highest BCUT2D eigenvalue weighted by Gasteiger charge is 2.43. The van der Waals surface area contributed by atoms with Gasteiger partial charge in [0.15, 0.2) is 0 Å². The summed E-state index contributed by atoms with van der Waals surface area (Å²) in [5.74, 6) is -4.61. The van der Waals surface area contributed by atoms with Crippen molar-refractivity contribution in [3.8, 4) is 0 Å². The van der Waals surface area contributed by atoms with Crippen molar-refractivity contribution in [2.24, 2.45) is 0 Å². The van der Waals surface area contributed by atoms with E-state index >= 15 is 0 Å². The average Bonchev–Trinajstić information content (AvgIpc) is 2.13. The Morgan fingerprint density at radius 3 is 1.89 bits per heavy atom. The molecule has 1 nitrogen and oxygen atoms in total. The lowest BCUT2D eigenvalue weighted by Crippen LogP contribution is -2.24. The topological polar surface area (TPSA) is 17.1 Å². The van der Waals surface area contributed by atoms with Gasteiger partial charge in [-0.3, -0.25) is 4.79 Å². The van der Waals surface area contributed by atoms with Crippen LogP contribution in [0.1, 0.15) is 15.9 Å². The summed E-state index contributed by atoms with van der Waals surface area (Å²) >= 11 is 5.08. The molecule has 0 bridgehead atoms. The second kappa shape index (κ2) is 4.42. The molecule has 1 aromatic rings. The number of benzene rings is 1. The van der Waals surface area contributed by atoms with E-state index in [1.807, 2.05) is 0 Å². The number of hydrogen-bond donors (Lipinski definition) is 0. The third-order valence-corrected chi connectivity index (χ3v) is 2.15. The van der Waals surface area contributed by atoms with Gasteiger partial charge in [0.1, 0.15) is 5.82 Å². The van der Waals surface area contributed by atoms with E-state index in [0.717, 1.165) is 0 Å². The molecule has 0 unspecified atom stereocenters. The molecule has 0 amide bonds. The Morgan fingerprint density at radius 2 is 1.56 bits per heavy atom. The first-order valence-electron chi connectivity index (χ1n) is 4.12. The predicted molar refractivity (Wildman–Crippen MR) is 46.8 cm³/mol. The Kier molecular flexibility index (Phi) is 3.62. The van der Waals surface area contributed by atoms with Crippen molar-refractivity contribution < 1.29 is 35.5 Å². The van der Waals surface area contributed by atoms with Crippen LogP contribution in [0.15, 0.2) is 12.1 Å². The highest BCUT2D eigenvalue weighted by Crippen LogP contribution is 2.35. The summed E-state index contributed by atoms with van der Waals surface area (Å²) < 4.78 is 85.8. The molecule has 0 aliphatic heterocycles. The first-order valence-corrected chi connectivity index (χ1v) is 4.50. The minimum Gasteiger partial charge on any atom is -0.284 e. The molecule has 0 saturated heterocycles. The zero-order chi connectivity index (χ0) is 14.3. The number of Topliss-reactive ketones (excluding diaryl/α,β-unsaturated/α-hetero) is 1. The Balaban J connectivity index is 3.39. The van der Waals surface area contributed by atoms with Gasteiger partial charge in [-0.15, -0.1) is 0 Å². The molecule has 0 aliphatic rings. The lowest BCUT2D eigenvalue weighted by molar-refractivity contribution is -0.137. The van der Waals surface area contributed by atoms with Gasteiger partial charge in [-0.05, 0) is 12.1 Å². The van der Waals surface area contributed by atoms with Gasteiger partial charge in [0.05, 0.1) is 16.1 Å². The predicted octanol–water partition coefficient (Wildman–Crippen LogP) is 4.24. The second-order valence-electron chi connectivity index (χ2n) is 3.14. The quantitative estimate of drug-likeness (QED) is 0.559. The Labute approximate surface area is 100 Å². The molecule has 0 fully saturated rings. The maximum absolute atomic E-state index is 13.1. The zero-order valence-corrected chi connectivity index (χ0v) is 8.84. The van der Waals surface area contributed by atoms with Crippen LogP contribution in [0, 0.1) is 5.82 Å². The van der Waals surface area contributed by atoms with Crippen LogP contribution < -0.4 is 0 Å². The van der Waals surface area contributed by atoms with E-state index in [9.17, 15) is 35.5 Å². The molecule has 9 heteroatoms. The number of alkyl halides is 6. The Bertz CT molecular complexity index is 466. The Morgan fingerprint density at radius 1 is 1.06 bits per heavy atom. The summed E-state index contributed by atoms with van der Waals surface area (Å²) in [5, 5.41) is -1.25. The van der Waals surface area contributed by atoms with Gasteiger partial charge in [-0.1, -0.05) is 11.6 Å². The smallest absolute Gasteiger partial charge is 0.284 e. The SMILES string of the molecule is O=C(c1c(F)cc(C(F)(F)F)cc1Cl)C(F)(F)F. The van der Waals surface area contributed by atoms with E-state index in [2.05, 4.69) is 0 Å². The van der Waals surface area contributed by atoms with E-state index < -0.39 is 40.1 Å². The normalized spacial score (nSPS) is 12.7. The number of carbonyl (C=O) groups excluding carboxylic acids is 1. The van der Waals surface area contributed by atoms with Crippen molar-refractivity contribution in [3.05, 3.63) is 34.1 Å². The second-order valence-corrected chi connectivity index (χ2v) is 3.55. The molecule has 1 aromatic carbocycles. The zero-order valence-electron chi connectivity index (χ0n) is 8.09. The maximum Gasteiger partial charge on any atom is 0.455 e. The molecular weight excluding hydrogens is 293 g/mol. The minimum absolute atomic E-state index is 0.0591. The highest BCUT2D eigenvalue weighted by molar-refractivity contribution is 6.34. The molecular formula is C9H2ClF7O. The summed E-state index contributed by atoms with van der Waals surface area (Å²) in [6.07, 6.45) is -10.4. The van der Waals surface area contributed by atoms with Gasteiger partial charge in [0.2, 0.25) is 0 Å². The number of ketones is 1. The lowest BCUT2D eigenvalue weighted by atomic mass is 10.1. The van der Waals surface area contributed by atoms with Crippen molar-refractivity contribution in [1.82, 2.24) is 0 Å². The first kappa shape index (κ1) is 14.7. The lowest BCUT2D eigenvalue weighted by Gasteiger charge is -2.11. The van der Waals surface area contributed by atoms with Crippen molar-refractivity contribution in [1.29, 1.82) is 0 Å². The summed E-state index contributed by atoms with van der Waals surface area (Å²) in [4.78, 5) is 10.7. The van der Waals surface area contributed by atoms with Crippen molar-refractivity contribution in [2.75, 3.05) is 0 Å². The Hall–Kier alpha value is -1.31. The van der Waals surface area contributed by atoms with Crippen LogP contribution in [0.5, 0.6) is 0 Å². The van der Waals surface area contributed by atoms with Crippen LogP contribution in [-0.4, -0.2) is 12.0 Å². The van der Waals surface area contributed by atoms with Crippen LogP contribution in [-0.2, 0) is 6.18 Å². The van der Waals surface area contributed by atoms with Crippen molar-refractivity contribution >= 4 is 17.4 Å². The summed E-state index contributed by atoms with van der Waals surface area (Å²) in [6, 6.07) is -0.158. The molecule has 0 atom stereocenters. The van der Waals surface area contributed by atoms with E-state index in [4.69, 9.17) is 11.6 Å². The average molecular weight is 295 g/mol. The van der Waals surface area contributed by atoms with Gasteiger partial charge < -0.3 is 0 Å². The van der Waals surface area contributed by atoms with Crippen LogP contribution in [0.2, 0.25) is 5.02 Å². The number of hydrogen-bond acceptors (Lipinski definition) is 1. The molecule has 0 spiro atoms. The van der Waals surface area contributed by atoms with Gasteiger partial charge >= 0.3 is 12.4 Å². The number of carbonyl (C=O) groups is 1. The van der Waals surface area contributed by atoms with E-state index in [1.54, 1.807) is 0 Å². The fourth-order valence-electron chi connectivity index (χ4n) is 1.10. The molecule has 0 aliphatic carbocycles. The molecule has 0 heterocycles. The molecule has 0 N–H and O–H groups in total. The van der Waals surface area contributed by atoms with E-state index in [-0.39, 0.29) is 12.1 Å². The fraction of sp³-hybridized carbons (Fsp3) is 0.222. The summed E-state index contributed by atoms with van der Waals surface area (Å²) in [5.41, 5.74) is -3.21. The molecule has 18 heavy (non-hydrogen) atoms. The van der Waals surface area contributed by atoms with Crippen molar-refractivity contribution in [3.63, 3.8) is 0 Å². The van der Waals surface area contributed by atoms with Crippen LogP contribution in [0.25, 0.3) is 0 Å². The molecule has 0 saturated carbocycles. The molecule has 0 aromatic heterocycles. The third-order valence-electron chi connectivity index (χ3n) is 1.85. The molecule has 1 rings (SSSR count). The van der Waals surface area contributed by atoms with Gasteiger partial charge in [0.25, 0.3) is 5.78 Å². The van der Waals surface area contributed by atoms with E-state index in [0.29, 0.717) is 0 Å². The first-order chi connectivity index (χ1) is 7.94. The van der Waals surface area contributed by atoms with Crippen LogP contribution in [0.4, 0.5) is 30.7 Å². The van der Waals surface area contributed by atoms with Gasteiger partial charge in [-0.25, -0.2) is 4.39 Å². The van der Waals surface area contributed by atoms with Crippen LogP contribution in [0.3, 0.4) is 0 Å². The number of halogens is 8. The van der Waals surface area contributed by atoms with Gasteiger partial charge in [0, 0.05) is 0 Å². The monoisotopic (exact) mass is 294 g/mol. The van der Waals surface area contributed by atoms with Crippen LogP contribution >= 0.6 is 11.6 Å². The maximum atomic E-state index is 13.1. The molecule has 0 radical (unpaired) electrons. The van der Waals surface area contributed by atoms with Gasteiger partial charge in [-0.2, -0.15) is 26.3 Å². The highest BCUT2D eigenvalue weighted by atomic mass is 35.5. The summed E-state index contributed by atoms with van der Waals surface area (Å²) in [7, 11) is 0. The third kappa shape index (κ3) is 2.92. The number of rotatable bonds is 1. The standard InChI is InChI=1S/C9H2ClF7O/c10-4-1-3(8(12,13)14)2-5(11)6(4)7(18)9(15,16)17/h1-2H. The minimum atomic E-state index is -5.43.